The molecule has 2 fully saturated rings. The van der Waals surface area contributed by atoms with Gasteiger partial charge in [-0.15, -0.1) is 0 Å². The summed E-state index contributed by atoms with van der Waals surface area (Å²) in [5.41, 5.74) is 0.871. The van der Waals surface area contributed by atoms with Crippen LogP contribution < -0.4 is 15.4 Å². The van der Waals surface area contributed by atoms with Gasteiger partial charge < -0.3 is 24.8 Å². The maximum atomic E-state index is 14.5. The minimum absolute atomic E-state index is 0.0506. The number of hydrogen-bond acceptors (Lipinski definition) is 8. The van der Waals surface area contributed by atoms with Gasteiger partial charge in [0, 0.05) is 31.0 Å². The van der Waals surface area contributed by atoms with E-state index < -0.39 is 16.7 Å². The average molecular weight is 534 g/mol. The van der Waals surface area contributed by atoms with Gasteiger partial charge >= 0.3 is 0 Å². The van der Waals surface area contributed by atoms with E-state index in [-0.39, 0.29) is 29.6 Å². The van der Waals surface area contributed by atoms with Crippen LogP contribution in [0.2, 0.25) is 5.02 Å². The maximum absolute atomic E-state index is 14.5. The Labute approximate surface area is 217 Å². The van der Waals surface area contributed by atoms with Crippen molar-refractivity contribution in [2.75, 3.05) is 50.6 Å². The Bertz CT molecular complexity index is 1300. The Hall–Kier alpha value is -3.12. The molecule has 5 rings (SSSR count). The number of rotatable bonds is 8. The number of nitrogens with one attached hydrogen (secondary N) is 2. The zero-order chi connectivity index (χ0) is 25.9. The Balaban J connectivity index is 1.27. The minimum atomic E-state index is -0.939. The summed E-state index contributed by atoms with van der Waals surface area (Å²) < 4.78 is 45.0. The summed E-state index contributed by atoms with van der Waals surface area (Å²) in [5.74, 6) is -1.31. The van der Waals surface area contributed by atoms with E-state index in [1.165, 1.54) is 19.5 Å². The van der Waals surface area contributed by atoms with E-state index in [2.05, 4.69) is 25.5 Å². The number of anilines is 3. The number of hydrogen-bond donors (Lipinski definition) is 2. The maximum Gasteiger partial charge on any atom is 0.224 e. The smallest absolute Gasteiger partial charge is 0.224 e. The standard InChI is InChI=1S/C25H26ClF2N5O4/c1-35-19-10-17-14(25(30-13-29-17)32-16-5-4-15(27)23(26)24(16)28)9-18(19)31-22(34)3-2-6-33-11-20-21(12-33)37-8-7-36-20/h4-5,9-10,13,20-21H,2-3,6-8,11-12H2,1H3,(H,31,34)(H,29,30,32)/t20-,21+. The Morgan fingerprint density at radius 3 is 2.65 bits per heavy atom. The van der Waals surface area contributed by atoms with Gasteiger partial charge in [0.2, 0.25) is 5.91 Å². The first-order valence-electron chi connectivity index (χ1n) is 11.9. The van der Waals surface area contributed by atoms with Gasteiger partial charge in [0.15, 0.2) is 5.82 Å². The summed E-state index contributed by atoms with van der Waals surface area (Å²) in [6, 6.07) is 5.58. The highest BCUT2D eigenvalue weighted by Crippen LogP contribution is 2.34. The number of aromatic nitrogens is 2. The number of amides is 1. The lowest BCUT2D eigenvalue weighted by molar-refractivity contribution is -0.116. The van der Waals surface area contributed by atoms with Crippen molar-refractivity contribution in [1.82, 2.24) is 14.9 Å². The molecule has 2 atom stereocenters. The summed E-state index contributed by atoms with van der Waals surface area (Å²) in [6.45, 7) is 3.62. The fourth-order valence-corrected chi connectivity index (χ4v) is 4.76. The summed E-state index contributed by atoms with van der Waals surface area (Å²) >= 11 is 5.70. The molecule has 0 bridgehead atoms. The third-order valence-corrected chi connectivity index (χ3v) is 6.78. The summed E-state index contributed by atoms with van der Waals surface area (Å²) in [4.78, 5) is 23.4. The van der Waals surface area contributed by atoms with Crippen LogP contribution in [0.15, 0.2) is 30.6 Å². The number of benzene rings is 2. The molecule has 2 saturated heterocycles. The molecule has 0 radical (unpaired) electrons. The van der Waals surface area contributed by atoms with Crippen molar-refractivity contribution >= 4 is 45.6 Å². The monoisotopic (exact) mass is 533 g/mol. The van der Waals surface area contributed by atoms with Crippen LogP contribution >= 0.6 is 11.6 Å². The van der Waals surface area contributed by atoms with E-state index in [1.807, 2.05) is 0 Å². The fraction of sp³-hybridized carbons (Fsp3) is 0.400. The van der Waals surface area contributed by atoms with Crippen LogP contribution in [0.25, 0.3) is 10.9 Å². The van der Waals surface area contributed by atoms with Gasteiger partial charge in [0.05, 0.1) is 49.4 Å². The molecule has 2 N–H and O–H groups in total. The van der Waals surface area contributed by atoms with Gasteiger partial charge in [-0.1, -0.05) is 11.6 Å². The first-order valence-corrected chi connectivity index (χ1v) is 12.3. The molecule has 3 aromatic rings. The molecule has 0 spiro atoms. The quantitative estimate of drug-likeness (QED) is 0.417. The first-order chi connectivity index (χ1) is 17.9. The number of likely N-dealkylation sites (tertiary alicyclic amines) is 1. The molecule has 1 amide bonds. The van der Waals surface area contributed by atoms with Gasteiger partial charge in [-0.2, -0.15) is 0 Å². The number of methoxy groups -OCH3 is 1. The zero-order valence-corrected chi connectivity index (χ0v) is 20.9. The van der Waals surface area contributed by atoms with Crippen molar-refractivity contribution in [3.63, 3.8) is 0 Å². The molecule has 0 aliphatic carbocycles. The zero-order valence-electron chi connectivity index (χ0n) is 20.1. The topological polar surface area (TPSA) is 97.8 Å². The van der Waals surface area contributed by atoms with Crippen molar-refractivity contribution in [2.45, 2.75) is 25.0 Å². The predicted molar refractivity (Wildman–Crippen MR) is 135 cm³/mol. The van der Waals surface area contributed by atoms with E-state index in [0.29, 0.717) is 48.4 Å². The van der Waals surface area contributed by atoms with Crippen LogP contribution in [0.1, 0.15) is 12.8 Å². The lowest BCUT2D eigenvalue weighted by Gasteiger charge is -2.24. The van der Waals surface area contributed by atoms with E-state index in [9.17, 15) is 13.6 Å². The van der Waals surface area contributed by atoms with Gasteiger partial charge in [-0.3, -0.25) is 9.69 Å². The molecule has 1 aromatic heterocycles. The highest BCUT2D eigenvalue weighted by Gasteiger charge is 2.36. The molecule has 37 heavy (non-hydrogen) atoms. The average Bonchev–Trinajstić information content (AvgIpc) is 3.31. The fourth-order valence-electron chi connectivity index (χ4n) is 4.60. The second kappa shape index (κ2) is 11.1. The minimum Gasteiger partial charge on any atom is -0.494 e. The molecule has 2 aliphatic heterocycles. The van der Waals surface area contributed by atoms with Crippen LogP contribution in [-0.4, -0.2) is 72.9 Å². The molecule has 3 heterocycles. The second-order valence-electron chi connectivity index (χ2n) is 8.87. The van der Waals surface area contributed by atoms with Gasteiger partial charge in [-0.25, -0.2) is 18.7 Å². The number of nitrogens with zero attached hydrogens (tertiary/aromatic N) is 3. The lowest BCUT2D eigenvalue weighted by Crippen LogP contribution is -2.36. The molecule has 2 aromatic carbocycles. The Kier molecular flexibility index (Phi) is 7.65. The molecule has 0 saturated carbocycles. The van der Waals surface area contributed by atoms with E-state index in [1.54, 1.807) is 12.1 Å². The molecule has 12 heteroatoms. The molecular weight excluding hydrogens is 508 g/mol. The summed E-state index contributed by atoms with van der Waals surface area (Å²) in [6.07, 6.45) is 2.49. The summed E-state index contributed by atoms with van der Waals surface area (Å²) in [5, 5.41) is 5.60. The third kappa shape index (κ3) is 5.59. The van der Waals surface area contributed by atoms with Crippen molar-refractivity contribution in [3.05, 3.63) is 47.2 Å². The van der Waals surface area contributed by atoms with Gasteiger partial charge in [-0.05, 0) is 31.2 Å². The van der Waals surface area contributed by atoms with Crippen LogP contribution in [0.3, 0.4) is 0 Å². The van der Waals surface area contributed by atoms with Crippen LogP contribution in [0, 0.1) is 11.6 Å². The van der Waals surface area contributed by atoms with E-state index in [0.717, 1.165) is 25.7 Å². The number of carbonyl (C=O) groups is 1. The molecule has 2 aliphatic rings. The van der Waals surface area contributed by atoms with Crippen molar-refractivity contribution in [2.24, 2.45) is 0 Å². The highest BCUT2D eigenvalue weighted by molar-refractivity contribution is 6.31. The molecule has 0 unspecified atom stereocenters. The SMILES string of the molecule is COc1cc2ncnc(Nc3ccc(F)c(Cl)c3F)c2cc1NC(=O)CCCN1C[C@@H]2OCCO[C@@H]2C1. The van der Waals surface area contributed by atoms with Crippen molar-refractivity contribution in [3.8, 4) is 5.75 Å². The van der Waals surface area contributed by atoms with Crippen molar-refractivity contribution < 1.29 is 27.8 Å². The van der Waals surface area contributed by atoms with Crippen molar-refractivity contribution in [1.29, 1.82) is 0 Å². The largest absolute Gasteiger partial charge is 0.494 e. The second-order valence-corrected chi connectivity index (χ2v) is 9.25. The van der Waals surface area contributed by atoms with Crippen LogP contribution in [-0.2, 0) is 14.3 Å². The first kappa shape index (κ1) is 25.5. The van der Waals surface area contributed by atoms with Gasteiger partial charge in [0.25, 0.3) is 0 Å². The number of halogens is 3. The van der Waals surface area contributed by atoms with E-state index in [4.69, 9.17) is 25.8 Å². The highest BCUT2D eigenvalue weighted by atomic mass is 35.5. The molecular formula is C25H26ClF2N5O4. The normalized spacial score (nSPS) is 19.6. The number of ether oxygens (including phenoxy) is 3. The molecule has 9 nitrogen and oxygen atoms in total. The summed E-state index contributed by atoms with van der Waals surface area (Å²) in [7, 11) is 1.49. The number of carbonyl (C=O) groups excluding carboxylic acids is 1. The van der Waals surface area contributed by atoms with Gasteiger partial charge in [0.1, 0.15) is 28.7 Å². The van der Waals surface area contributed by atoms with E-state index >= 15 is 0 Å². The van der Waals surface area contributed by atoms with Crippen LogP contribution in [0.5, 0.6) is 5.75 Å². The number of fused-ring (bicyclic) bond motifs is 2. The van der Waals surface area contributed by atoms with Crippen LogP contribution in [0.4, 0.5) is 26.0 Å². The predicted octanol–water partition coefficient (Wildman–Crippen LogP) is 4.13. The third-order valence-electron chi connectivity index (χ3n) is 6.44. The Morgan fingerprint density at radius 1 is 1.16 bits per heavy atom. The Morgan fingerprint density at radius 2 is 1.92 bits per heavy atom. The molecule has 196 valence electrons. The lowest BCUT2D eigenvalue weighted by atomic mass is 10.1.